The molecule has 100 heavy (non-hydrogen) atoms. The third-order valence-corrected chi connectivity index (χ3v) is 18.1. The van der Waals surface area contributed by atoms with Crippen LogP contribution in [0, 0.1) is 0 Å². The Labute approximate surface area is 607 Å². The lowest BCUT2D eigenvalue weighted by atomic mass is 10.0. The smallest absolute Gasteiger partial charge is 0.462 e. The number of ether oxygens (including phenoxy) is 4. The Balaban J connectivity index is 5.33. The second kappa shape index (κ2) is 73.0. The highest BCUT2D eigenvalue weighted by Gasteiger charge is 2.30. The third-order valence-electron chi connectivity index (χ3n) is 16.2. The quantitative estimate of drug-likeness (QED) is 0.0169. The second-order valence-corrected chi connectivity index (χ2v) is 28.8. The van der Waals surface area contributed by atoms with Gasteiger partial charge in [0.1, 0.15) is 19.3 Å². The summed E-state index contributed by atoms with van der Waals surface area (Å²) >= 11 is 0. The fourth-order valence-electron chi connectivity index (χ4n) is 10.3. The van der Waals surface area contributed by atoms with Crippen molar-refractivity contribution in [2.45, 2.75) is 341 Å². The largest absolute Gasteiger partial charge is 0.472 e. The predicted molar refractivity (Wildman–Crippen MR) is 408 cm³/mol. The van der Waals surface area contributed by atoms with Crippen molar-refractivity contribution in [3.63, 3.8) is 0 Å². The fourth-order valence-corrected chi connectivity index (χ4v) is 11.9. The highest BCUT2D eigenvalue weighted by Crippen LogP contribution is 2.45. The average molecular weight is 1450 g/mol. The Morgan fingerprint density at radius 1 is 0.290 bits per heavy atom. The number of phosphoric acid groups is 2. The van der Waals surface area contributed by atoms with Crippen LogP contribution in [0.1, 0.15) is 323 Å². The molecule has 0 radical (unpaired) electrons. The molecule has 0 aliphatic rings. The van der Waals surface area contributed by atoms with E-state index in [1.165, 1.54) is 64.2 Å². The van der Waals surface area contributed by atoms with Gasteiger partial charge in [0.2, 0.25) is 0 Å². The lowest BCUT2D eigenvalue weighted by Gasteiger charge is -2.21. The van der Waals surface area contributed by atoms with Crippen LogP contribution in [0.4, 0.5) is 0 Å². The van der Waals surface area contributed by atoms with Crippen LogP contribution in [0.15, 0.2) is 109 Å². The normalized spacial score (nSPS) is 14.5. The number of allylic oxidation sites excluding steroid dienone is 18. The van der Waals surface area contributed by atoms with Gasteiger partial charge in [0, 0.05) is 25.7 Å². The fraction of sp³-hybridized carbons (Fsp3) is 0.728. The minimum absolute atomic E-state index is 0.0761. The van der Waals surface area contributed by atoms with Gasteiger partial charge in [0.05, 0.1) is 26.4 Å². The summed E-state index contributed by atoms with van der Waals surface area (Å²) in [6.07, 6.45) is 77.9. The molecule has 0 aromatic rings. The number of phosphoric ester groups is 2. The lowest BCUT2D eigenvalue weighted by Crippen LogP contribution is -2.30. The van der Waals surface area contributed by atoms with E-state index in [1.54, 1.807) is 0 Å². The molecule has 0 aromatic heterocycles. The highest BCUT2D eigenvalue weighted by molar-refractivity contribution is 7.47. The second-order valence-electron chi connectivity index (χ2n) is 25.9. The zero-order valence-corrected chi connectivity index (χ0v) is 64.6. The summed E-state index contributed by atoms with van der Waals surface area (Å²) < 4.78 is 68.5. The zero-order chi connectivity index (χ0) is 73.2. The van der Waals surface area contributed by atoms with Crippen molar-refractivity contribution in [1.82, 2.24) is 0 Å². The first-order chi connectivity index (χ1) is 48.7. The van der Waals surface area contributed by atoms with Crippen molar-refractivity contribution in [2.75, 3.05) is 39.6 Å². The topological polar surface area (TPSA) is 237 Å². The van der Waals surface area contributed by atoms with Crippen LogP contribution in [0.5, 0.6) is 0 Å². The SMILES string of the molecule is CC/C=C\C/C=C\C/C=C\C/C=C\C/C=C\CCCCCC(=O)OCC(COP(=O)(O)OCC(O)COP(=O)(O)OCC(COC(=O)CCCCCCCCC/C=C\C/C=C\C/C=C\CC)OC(=O)CCCCCCCCCCCCCCC)OC(=O)CCCCCCC/C=C\CCCC. The van der Waals surface area contributed by atoms with Gasteiger partial charge in [0.25, 0.3) is 0 Å². The van der Waals surface area contributed by atoms with Crippen molar-refractivity contribution >= 4 is 39.5 Å². The van der Waals surface area contributed by atoms with Crippen LogP contribution in [-0.4, -0.2) is 96.7 Å². The summed E-state index contributed by atoms with van der Waals surface area (Å²) in [7, 11) is -9.96. The van der Waals surface area contributed by atoms with E-state index in [2.05, 4.69) is 137 Å². The van der Waals surface area contributed by atoms with E-state index < -0.39 is 97.5 Å². The molecule has 5 atom stereocenters. The number of aliphatic hydroxyl groups excluding tert-OH is 1. The predicted octanol–water partition coefficient (Wildman–Crippen LogP) is 22.6. The molecule has 0 rings (SSSR count). The lowest BCUT2D eigenvalue weighted by molar-refractivity contribution is -0.161. The van der Waals surface area contributed by atoms with Crippen LogP contribution in [-0.2, 0) is 65.4 Å². The maximum atomic E-state index is 13.1. The first-order valence-corrected chi connectivity index (χ1v) is 42.1. The number of esters is 4. The molecule has 0 heterocycles. The molecule has 0 amide bonds. The van der Waals surface area contributed by atoms with Crippen LogP contribution >= 0.6 is 15.6 Å². The molecular formula is C81H140O17P2. The maximum absolute atomic E-state index is 13.1. The van der Waals surface area contributed by atoms with Gasteiger partial charge in [-0.05, 0) is 122 Å². The summed E-state index contributed by atoms with van der Waals surface area (Å²) in [5.74, 6) is -2.22. The van der Waals surface area contributed by atoms with Gasteiger partial charge in [-0.15, -0.1) is 0 Å². The maximum Gasteiger partial charge on any atom is 0.472 e. The van der Waals surface area contributed by atoms with Crippen molar-refractivity contribution in [3.8, 4) is 0 Å². The van der Waals surface area contributed by atoms with E-state index in [-0.39, 0.29) is 25.7 Å². The van der Waals surface area contributed by atoms with Gasteiger partial charge in [-0.3, -0.25) is 37.3 Å². The molecule has 5 unspecified atom stereocenters. The Hall–Kier alpha value is -4.28. The molecule has 0 aliphatic heterocycles. The minimum atomic E-state index is -4.98. The van der Waals surface area contributed by atoms with Gasteiger partial charge in [-0.1, -0.05) is 285 Å². The third kappa shape index (κ3) is 72.1. The van der Waals surface area contributed by atoms with Gasteiger partial charge < -0.3 is 33.8 Å². The Morgan fingerprint density at radius 2 is 0.530 bits per heavy atom. The first kappa shape index (κ1) is 95.7. The monoisotopic (exact) mass is 1450 g/mol. The average Bonchev–Trinajstić information content (AvgIpc) is 1.02. The van der Waals surface area contributed by atoms with Crippen LogP contribution in [0.2, 0.25) is 0 Å². The minimum Gasteiger partial charge on any atom is -0.462 e. The van der Waals surface area contributed by atoms with E-state index in [4.69, 9.17) is 37.0 Å². The zero-order valence-electron chi connectivity index (χ0n) is 62.8. The Kier molecular flexibility index (Phi) is 69.9. The van der Waals surface area contributed by atoms with E-state index in [9.17, 15) is 43.2 Å². The number of hydrogen-bond donors (Lipinski definition) is 3. The van der Waals surface area contributed by atoms with Crippen LogP contribution in [0.3, 0.4) is 0 Å². The number of unbranched alkanes of at least 4 members (excludes halogenated alkanes) is 29. The number of carbonyl (C=O) groups is 4. The molecular weight excluding hydrogens is 1310 g/mol. The summed E-state index contributed by atoms with van der Waals surface area (Å²) in [6, 6.07) is 0. The van der Waals surface area contributed by atoms with Crippen molar-refractivity contribution in [1.29, 1.82) is 0 Å². The molecule has 0 aliphatic carbocycles. The number of hydrogen-bond acceptors (Lipinski definition) is 15. The Morgan fingerprint density at radius 3 is 0.850 bits per heavy atom. The van der Waals surface area contributed by atoms with E-state index in [1.807, 2.05) is 0 Å². The molecule has 0 saturated heterocycles. The summed E-state index contributed by atoms with van der Waals surface area (Å²) in [5.41, 5.74) is 0. The number of rotatable bonds is 73. The molecule has 576 valence electrons. The van der Waals surface area contributed by atoms with Gasteiger partial charge in [-0.2, -0.15) is 0 Å². The number of carbonyl (C=O) groups excluding carboxylic acids is 4. The standard InChI is InChI=1S/C81H140O17P2/c1-5-9-13-17-21-25-29-32-34-36-37-39-41-44-47-50-54-58-62-66-78(83)91-71-76(97-80(85)67-63-59-55-51-45-28-24-20-16-12-8-4)73-95-99(87,88)93-69-75(82)70-94-100(89,90)96-74-77(98-81(86)68-64-60-56-52-48-42-31-27-23-19-15-11-7-3)72-92-79(84)65-61-57-53-49-46-43-40-38-35-33-30-26-22-18-14-10-6-2/h9-10,13-14,20-22,24-26,32-35,37,39,44,47,75-77,82H,5-8,11-12,15-19,23,27-31,36,38,40-43,45-46,48-74H2,1-4H3,(H,87,88)(H,89,90)/b13-9-,14-10-,24-20-,25-21-,26-22-,34-32-,35-33-,39-37-,47-44-. The van der Waals surface area contributed by atoms with E-state index in [0.717, 1.165) is 180 Å². The molecule has 17 nitrogen and oxygen atoms in total. The summed E-state index contributed by atoms with van der Waals surface area (Å²) in [6.45, 7) is 4.58. The summed E-state index contributed by atoms with van der Waals surface area (Å²) in [4.78, 5) is 72.9. The van der Waals surface area contributed by atoms with E-state index >= 15 is 0 Å². The summed E-state index contributed by atoms with van der Waals surface area (Å²) in [5, 5.41) is 10.6. The number of aliphatic hydroxyl groups is 1. The Bertz CT molecular complexity index is 2320. The molecule has 0 saturated carbocycles. The van der Waals surface area contributed by atoms with Crippen molar-refractivity contribution in [2.24, 2.45) is 0 Å². The molecule has 0 spiro atoms. The molecule has 3 N–H and O–H groups in total. The van der Waals surface area contributed by atoms with Crippen molar-refractivity contribution in [3.05, 3.63) is 109 Å². The van der Waals surface area contributed by atoms with Gasteiger partial charge in [0.15, 0.2) is 12.2 Å². The van der Waals surface area contributed by atoms with Crippen LogP contribution in [0.25, 0.3) is 0 Å². The molecule has 0 fully saturated rings. The van der Waals surface area contributed by atoms with Crippen molar-refractivity contribution < 1.29 is 80.2 Å². The molecule has 0 aromatic carbocycles. The highest BCUT2D eigenvalue weighted by atomic mass is 31.2. The first-order valence-electron chi connectivity index (χ1n) is 39.1. The molecule has 19 heteroatoms. The van der Waals surface area contributed by atoms with Gasteiger partial charge >= 0.3 is 39.5 Å². The van der Waals surface area contributed by atoms with Gasteiger partial charge in [-0.25, -0.2) is 9.13 Å². The molecule has 0 bridgehead atoms. The van der Waals surface area contributed by atoms with Crippen LogP contribution < -0.4 is 0 Å². The van der Waals surface area contributed by atoms with E-state index in [0.29, 0.717) is 25.7 Å².